The Morgan fingerprint density at radius 2 is 1.77 bits per heavy atom. The van der Waals surface area contributed by atoms with Crippen LogP contribution in [-0.2, 0) is 16.0 Å². The van der Waals surface area contributed by atoms with Crippen molar-refractivity contribution in [1.82, 2.24) is 15.6 Å². The number of pyridine rings is 1. The predicted molar refractivity (Wildman–Crippen MR) is 111 cm³/mol. The van der Waals surface area contributed by atoms with E-state index < -0.39 is 12.1 Å². The smallest absolute Gasteiger partial charge is 0.290 e. The number of nitrogens with one attached hydrogen (secondary N) is 2. The molecule has 1 saturated carbocycles. The van der Waals surface area contributed by atoms with Gasteiger partial charge in [0.2, 0.25) is 5.91 Å². The summed E-state index contributed by atoms with van der Waals surface area (Å²) in [4.78, 5) is 37.0. The zero-order chi connectivity index (χ0) is 21.9. The lowest BCUT2D eigenvalue weighted by Gasteiger charge is -2.16. The van der Waals surface area contributed by atoms with E-state index in [-0.39, 0.29) is 24.2 Å². The molecule has 1 fully saturated rings. The average molecular weight is 434 g/mol. The Morgan fingerprint density at radius 3 is 2.40 bits per heavy atom. The normalized spacial score (nSPS) is 19.9. The molecule has 1 aliphatic carbocycles. The van der Waals surface area contributed by atoms with Crippen molar-refractivity contribution >= 4 is 29.9 Å². The van der Waals surface area contributed by atoms with Crippen LogP contribution in [0.5, 0.6) is 0 Å². The van der Waals surface area contributed by atoms with Crippen LogP contribution in [0.1, 0.15) is 28.8 Å². The van der Waals surface area contributed by atoms with Gasteiger partial charge in [-0.15, -0.1) is 0 Å². The predicted octanol–water partition coefficient (Wildman–Crippen LogP) is 1.66. The van der Waals surface area contributed by atoms with Gasteiger partial charge in [-0.2, -0.15) is 0 Å². The zero-order valence-electron chi connectivity index (χ0n) is 16.2. The minimum Gasteiger partial charge on any atom is -0.483 e. The second-order valence-electron chi connectivity index (χ2n) is 6.82. The Balaban J connectivity index is 0.00000101. The SMILES string of the molecule is O=C(N[C@@H]1C[C@H](C(=O)NCCc2ccncc2)C[C@H]1O)c1ccc(Cl)cc1.O=CO. The fraction of sp³-hybridized carbons (Fsp3) is 0.333. The maximum absolute atomic E-state index is 12.4. The van der Waals surface area contributed by atoms with Crippen LogP contribution in [0.3, 0.4) is 0 Å². The fourth-order valence-corrected chi connectivity index (χ4v) is 3.39. The molecule has 4 N–H and O–H groups in total. The summed E-state index contributed by atoms with van der Waals surface area (Å²) in [5.74, 6) is -0.686. The molecule has 1 heterocycles. The number of hydrogen-bond acceptors (Lipinski definition) is 5. The maximum Gasteiger partial charge on any atom is 0.290 e. The molecular weight excluding hydrogens is 410 g/mol. The molecule has 0 bridgehead atoms. The first-order chi connectivity index (χ1) is 14.4. The van der Waals surface area contributed by atoms with Crippen molar-refractivity contribution in [3.8, 4) is 0 Å². The van der Waals surface area contributed by atoms with Gasteiger partial charge in [-0.05, 0) is 61.2 Å². The Hall–Kier alpha value is -2.97. The molecule has 0 aliphatic heterocycles. The molecule has 0 unspecified atom stereocenters. The number of halogens is 1. The van der Waals surface area contributed by atoms with Gasteiger partial charge in [0.15, 0.2) is 0 Å². The molecule has 0 radical (unpaired) electrons. The van der Waals surface area contributed by atoms with Crippen LogP contribution in [0.25, 0.3) is 0 Å². The zero-order valence-corrected chi connectivity index (χ0v) is 17.0. The van der Waals surface area contributed by atoms with Crippen molar-refractivity contribution in [2.24, 2.45) is 5.92 Å². The number of rotatable bonds is 6. The van der Waals surface area contributed by atoms with Gasteiger partial charge in [0.1, 0.15) is 0 Å². The highest BCUT2D eigenvalue weighted by Gasteiger charge is 2.37. The number of carbonyl (C=O) groups excluding carboxylic acids is 2. The molecule has 2 aromatic rings. The van der Waals surface area contributed by atoms with Crippen molar-refractivity contribution < 1.29 is 24.6 Å². The lowest BCUT2D eigenvalue weighted by molar-refractivity contribution is -0.125. The number of carbonyl (C=O) groups is 3. The summed E-state index contributed by atoms with van der Waals surface area (Å²) in [6, 6.07) is 9.91. The third-order valence-electron chi connectivity index (χ3n) is 4.78. The minimum absolute atomic E-state index is 0.0913. The van der Waals surface area contributed by atoms with Crippen molar-refractivity contribution in [3.05, 3.63) is 64.9 Å². The number of aliphatic hydroxyl groups is 1. The third kappa shape index (κ3) is 7.13. The number of carboxylic acid groups (broad SMARTS) is 1. The molecule has 1 aromatic carbocycles. The van der Waals surface area contributed by atoms with Crippen LogP contribution in [0.15, 0.2) is 48.8 Å². The first-order valence-electron chi connectivity index (χ1n) is 9.43. The van der Waals surface area contributed by atoms with Crippen LogP contribution in [0.4, 0.5) is 0 Å². The number of hydrogen-bond donors (Lipinski definition) is 4. The van der Waals surface area contributed by atoms with E-state index in [1.807, 2.05) is 12.1 Å². The molecular formula is C21H24ClN3O5. The van der Waals surface area contributed by atoms with Gasteiger partial charge in [-0.1, -0.05) is 11.6 Å². The van der Waals surface area contributed by atoms with Gasteiger partial charge in [-0.25, -0.2) is 0 Å². The molecule has 3 rings (SSSR count). The lowest BCUT2D eigenvalue weighted by Crippen LogP contribution is -2.40. The topological polar surface area (TPSA) is 129 Å². The van der Waals surface area contributed by atoms with Gasteiger partial charge in [0.05, 0.1) is 12.1 Å². The Labute approximate surface area is 179 Å². The second kappa shape index (κ2) is 11.9. The summed E-state index contributed by atoms with van der Waals surface area (Å²) in [5, 5.41) is 23.4. The fourth-order valence-electron chi connectivity index (χ4n) is 3.26. The van der Waals surface area contributed by atoms with Crippen molar-refractivity contribution in [2.45, 2.75) is 31.4 Å². The molecule has 0 saturated heterocycles. The molecule has 8 nitrogen and oxygen atoms in total. The first-order valence-corrected chi connectivity index (χ1v) is 9.81. The molecule has 3 atom stereocenters. The van der Waals surface area contributed by atoms with E-state index in [0.717, 1.165) is 12.0 Å². The number of nitrogens with zero attached hydrogens (tertiary/aromatic N) is 1. The summed E-state index contributed by atoms with van der Waals surface area (Å²) < 4.78 is 0. The quantitative estimate of drug-likeness (QED) is 0.513. The number of aromatic nitrogens is 1. The van der Waals surface area contributed by atoms with E-state index in [1.165, 1.54) is 0 Å². The average Bonchev–Trinajstić information content (AvgIpc) is 3.10. The summed E-state index contributed by atoms with van der Waals surface area (Å²) in [7, 11) is 0. The summed E-state index contributed by atoms with van der Waals surface area (Å²) in [5.41, 5.74) is 1.57. The molecule has 160 valence electrons. The van der Waals surface area contributed by atoms with Gasteiger partial charge >= 0.3 is 0 Å². The highest BCUT2D eigenvalue weighted by molar-refractivity contribution is 6.30. The number of amides is 2. The second-order valence-corrected chi connectivity index (χ2v) is 7.26. The third-order valence-corrected chi connectivity index (χ3v) is 5.04. The van der Waals surface area contributed by atoms with Crippen LogP contribution < -0.4 is 10.6 Å². The molecule has 0 spiro atoms. The van der Waals surface area contributed by atoms with E-state index in [0.29, 0.717) is 30.0 Å². The van der Waals surface area contributed by atoms with E-state index in [4.69, 9.17) is 21.5 Å². The minimum atomic E-state index is -0.739. The van der Waals surface area contributed by atoms with Gasteiger partial charge in [0.25, 0.3) is 12.4 Å². The number of benzene rings is 1. The standard InChI is InChI=1S/C20H22ClN3O3.CH2O2/c21-16-3-1-14(2-4-16)20(27)24-17-11-15(12-18(17)25)19(26)23-10-7-13-5-8-22-9-6-13;2-1-3/h1-6,8-9,15,17-18,25H,7,10-12H2,(H,23,26)(H,24,27);1H,(H,2,3)/t15-,17+,18+;/m0./s1. The van der Waals surface area contributed by atoms with Gasteiger partial charge in [0, 0.05) is 35.4 Å². The van der Waals surface area contributed by atoms with Gasteiger partial charge < -0.3 is 20.8 Å². The van der Waals surface area contributed by atoms with Crippen LogP contribution in [0.2, 0.25) is 5.02 Å². The summed E-state index contributed by atoms with van der Waals surface area (Å²) in [6.45, 7) is 0.275. The molecule has 30 heavy (non-hydrogen) atoms. The highest BCUT2D eigenvalue weighted by Crippen LogP contribution is 2.26. The molecule has 9 heteroatoms. The van der Waals surface area contributed by atoms with Gasteiger partial charge in [-0.3, -0.25) is 19.4 Å². The first kappa shape index (κ1) is 23.3. The van der Waals surface area contributed by atoms with Crippen LogP contribution >= 0.6 is 11.6 Å². The maximum atomic E-state index is 12.4. The Bertz CT molecular complexity index is 832. The molecule has 2 amide bonds. The Kier molecular flexibility index (Phi) is 9.24. The Morgan fingerprint density at radius 1 is 1.13 bits per heavy atom. The van der Waals surface area contributed by atoms with Crippen molar-refractivity contribution in [3.63, 3.8) is 0 Å². The van der Waals surface area contributed by atoms with Crippen LogP contribution in [-0.4, -0.2) is 52.2 Å². The van der Waals surface area contributed by atoms with E-state index in [9.17, 15) is 14.7 Å². The summed E-state index contributed by atoms with van der Waals surface area (Å²) >= 11 is 5.83. The van der Waals surface area contributed by atoms with Crippen LogP contribution in [0, 0.1) is 5.92 Å². The molecule has 1 aliphatic rings. The monoisotopic (exact) mass is 433 g/mol. The number of aliphatic hydroxyl groups excluding tert-OH is 1. The largest absolute Gasteiger partial charge is 0.483 e. The highest BCUT2D eigenvalue weighted by atomic mass is 35.5. The van der Waals surface area contributed by atoms with E-state index >= 15 is 0 Å². The molecule has 1 aromatic heterocycles. The van der Waals surface area contributed by atoms with Crippen molar-refractivity contribution in [1.29, 1.82) is 0 Å². The van der Waals surface area contributed by atoms with Crippen molar-refractivity contribution in [2.75, 3.05) is 6.54 Å². The summed E-state index contributed by atoms with van der Waals surface area (Å²) in [6.07, 6.45) is 4.18. The van der Waals surface area contributed by atoms with E-state index in [2.05, 4.69) is 15.6 Å². The lowest BCUT2D eigenvalue weighted by atomic mass is 10.1. The van der Waals surface area contributed by atoms with E-state index in [1.54, 1.807) is 36.7 Å².